The van der Waals surface area contributed by atoms with Crippen LogP contribution in [0.4, 0.5) is 5.00 Å². The Balaban J connectivity index is 1.80. The number of anilines is 1. The van der Waals surface area contributed by atoms with Crippen molar-refractivity contribution >= 4 is 32.3 Å². The molecule has 0 atom stereocenters. The number of hydrogen-bond acceptors (Lipinski definition) is 5. The van der Waals surface area contributed by atoms with E-state index in [0.717, 1.165) is 23.3 Å². The van der Waals surface area contributed by atoms with Crippen molar-refractivity contribution in [3.63, 3.8) is 0 Å². The highest BCUT2D eigenvalue weighted by atomic mass is 32.2. The Morgan fingerprint density at radius 2 is 1.81 bits per heavy atom. The van der Waals surface area contributed by atoms with Crippen LogP contribution in [0.2, 0.25) is 0 Å². The molecule has 6 nitrogen and oxygen atoms in total. The summed E-state index contributed by atoms with van der Waals surface area (Å²) in [5.41, 5.74) is 1.67. The number of sulfonamides is 1. The highest BCUT2D eigenvalue weighted by molar-refractivity contribution is 7.89. The second-order valence-electron chi connectivity index (χ2n) is 6.19. The van der Waals surface area contributed by atoms with Crippen molar-refractivity contribution in [3.05, 3.63) is 45.8 Å². The van der Waals surface area contributed by atoms with Crippen LogP contribution in [0.1, 0.15) is 39.2 Å². The second-order valence-corrected chi connectivity index (χ2v) is 9.35. The molecular weight excluding hydrogens is 370 g/mol. The maximum Gasteiger partial charge on any atom is 0.256 e. The van der Waals surface area contributed by atoms with Crippen molar-refractivity contribution in [2.24, 2.45) is 0 Å². The van der Waals surface area contributed by atoms with Crippen LogP contribution < -0.4 is 5.32 Å². The summed E-state index contributed by atoms with van der Waals surface area (Å²) < 4.78 is 26.5. The number of nitrogens with zero attached hydrogens (tertiary/aromatic N) is 2. The van der Waals surface area contributed by atoms with Crippen LogP contribution in [-0.4, -0.2) is 31.7 Å². The number of nitrogens with one attached hydrogen (secondary N) is 1. The van der Waals surface area contributed by atoms with E-state index in [1.807, 2.05) is 13.8 Å². The van der Waals surface area contributed by atoms with E-state index in [2.05, 4.69) is 11.4 Å². The van der Waals surface area contributed by atoms with Crippen LogP contribution >= 0.6 is 11.3 Å². The van der Waals surface area contributed by atoms with Gasteiger partial charge in [0.1, 0.15) is 11.1 Å². The summed E-state index contributed by atoms with van der Waals surface area (Å²) in [5, 5.41) is 12.5. The van der Waals surface area contributed by atoms with Crippen LogP contribution in [0, 0.1) is 25.2 Å². The number of carbonyl (C=O) groups excluding carboxylic acids is 1. The minimum absolute atomic E-state index is 0.191. The second kappa shape index (κ2) is 7.19. The van der Waals surface area contributed by atoms with Crippen LogP contribution in [0.15, 0.2) is 29.2 Å². The van der Waals surface area contributed by atoms with Gasteiger partial charge in [-0.25, -0.2) is 8.42 Å². The van der Waals surface area contributed by atoms with Gasteiger partial charge in [-0.3, -0.25) is 4.79 Å². The van der Waals surface area contributed by atoms with E-state index in [4.69, 9.17) is 0 Å². The molecule has 1 aromatic heterocycles. The van der Waals surface area contributed by atoms with E-state index in [-0.39, 0.29) is 10.8 Å². The smallest absolute Gasteiger partial charge is 0.256 e. The zero-order valence-corrected chi connectivity index (χ0v) is 16.2. The molecule has 0 saturated carbocycles. The Bertz CT molecular complexity index is 980. The third kappa shape index (κ3) is 3.38. The fourth-order valence-electron chi connectivity index (χ4n) is 2.88. The van der Waals surface area contributed by atoms with Gasteiger partial charge in [-0.05, 0) is 56.5 Å². The maximum atomic E-state index is 12.5. The first-order valence-electron chi connectivity index (χ1n) is 8.26. The quantitative estimate of drug-likeness (QED) is 0.869. The third-order valence-corrected chi connectivity index (χ3v) is 7.58. The predicted molar refractivity (Wildman–Crippen MR) is 101 cm³/mol. The van der Waals surface area contributed by atoms with Crippen LogP contribution in [0.5, 0.6) is 0 Å². The first-order chi connectivity index (χ1) is 12.3. The molecule has 1 aliphatic heterocycles. The topological polar surface area (TPSA) is 90.3 Å². The molecule has 26 heavy (non-hydrogen) atoms. The molecule has 0 spiro atoms. The lowest BCUT2D eigenvalue weighted by Gasteiger charge is -2.15. The molecule has 0 bridgehead atoms. The van der Waals surface area contributed by atoms with Gasteiger partial charge in [0, 0.05) is 23.5 Å². The number of nitriles is 1. The number of hydrogen-bond donors (Lipinski definition) is 1. The van der Waals surface area contributed by atoms with Crippen molar-refractivity contribution in [3.8, 4) is 6.07 Å². The lowest BCUT2D eigenvalue weighted by Crippen LogP contribution is -2.27. The first-order valence-corrected chi connectivity index (χ1v) is 10.5. The molecule has 136 valence electrons. The normalized spacial score (nSPS) is 15.0. The Kier molecular flexibility index (Phi) is 5.14. The van der Waals surface area contributed by atoms with Crippen LogP contribution in [0.3, 0.4) is 0 Å². The number of rotatable bonds is 4. The third-order valence-electron chi connectivity index (χ3n) is 4.54. The average Bonchev–Trinajstić information content (AvgIpc) is 3.25. The van der Waals surface area contributed by atoms with Gasteiger partial charge in [-0.2, -0.15) is 9.57 Å². The Morgan fingerprint density at radius 1 is 1.19 bits per heavy atom. The Hall–Kier alpha value is -2.21. The van der Waals surface area contributed by atoms with Gasteiger partial charge in [0.2, 0.25) is 10.0 Å². The SMILES string of the molecule is Cc1sc(NC(=O)c2ccc(S(=O)(=O)N3CCCC3)cc2)c(C#N)c1C. The molecule has 2 heterocycles. The van der Waals surface area contributed by atoms with Crippen molar-refractivity contribution in [2.45, 2.75) is 31.6 Å². The molecule has 1 aromatic carbocycles. The summed E-state index contributed by atoms with van der Waals surface area (Å²) in [6.07, 6.45) is 1.75. The van der Waals surface area contributed by atoms with Gasteiger partial charge in [0.15, 0.2) is 0 Å². The van der Waals surface area contributed by atoms with Gasteiger partial charge >= 0.3 is 0 Å². The number of thiophene rings is 1. The average molecular weight is 390 g/mol. The molecule has 3 rings (SSSR count). The van der Waals surface area contributed by atoms with E-state index < -0.39 is 10.0 Å². The molecule has 1 amide bonds. The number of amides is 1. The highest BCUT2D eigenvalue weighted by Gasteiger charge is 2.27. The monoisotopic (exact) mass is 389 g/mol. The molecule has 0 unspecified atom stereocenters. The number of aryl methyl sites for hydroxylation is 1. The van der Waals surface area contributed by atoms with Gasteiger partial charge in [-0.1, -0.05) is 0 Å². The van der Waals surface area contributed by atoms with Gasteiger partial charge in [0.25, 0.3) is 5.91 Å². The minimum Gasteiger partial charge on any atom is -0.312 e. The molecule has 1 saturated heterocycles. The number of carbonyl (C=O) groups is 1. The molecule has 8 heteroatoms. The molecular formula is C18H19N3O3S2. The summed E-state index contributed by atoms with van der Waals surface area (Å²) in [7, 11) is -3.49. The zero-order valence-electron chi connectivity index (χ0n) is 14.6. The Labute approximate surface area is 157 Å². The molecule has 2 aromatic rings. The molecule has 1 aliphatic rings. The molecule has 1 N–H and O–H groups in total. The summed E-state index contributed by atoms with van der Waals surface area (Å²) in [5.74, 6) is -0.368. The number of benzene rings is 1. The molecule has 0 aliphatic carbocycles. The van der Waals surface area contributed by atoms with Crippen molar-refractivity contribution in [2.75, 3.05) is 18.4 Å². The minimum atomic E-state index is -3.49. The first kappa shape index (κ1) is 18.6. The van der Waals surface area contributed by atoms with E-state index in [0.29, 0.717) is 29.2 Å². The maximum absolute atomic E-state index is 12.5. The highest BCUT2D eigenvalue weighted by Crippen LogP contribution is 2.32. The lowest BCUT2D eigenvalue weighted by atomic mass is 10.2. The van der Waals surface area contributed by atoms with E-state index in [1.54, 1.807) is 0 Å². The summed E-state index contributed by atoms with van der Waals surface area (Å²) in [4.78, 5) is 13.6. The zero-order chi connectivity index (χ0) is 18.9. The van der Waals surface area contributed by atoms with E-state index >= 15 is 0 Å². The van der Waals surface area contributed by atoms with Crippen molar-refractivity contribution < 1.29 is 13.2 Å². The van der Waals surface area contributed by atoms with Gasteiger partial charge in [-0.15, -0.1) is 11.3 Å². The van der Waals surface area contributed by atoms with E-state index in [1.165, 1.54) is 39.9 Å². The van der Waals surface area contributed by atoms with Gasteiger partial charge < -0.3 is 5.32 Å². The fourth-order valence-corrected chi connectivity index (χ4v) is 5.40. The van der Waals surface area contributed by atoms with Crippen LogP contribution in [-0.2, 0) is 10.0 Å². The standard InChI is InChI=1S/C18H19N3O3S2/c1-12-13(2)25-18(16(12)11-19)20-17(22)14-5-7-15(8-6-14)26(23,24)21-9-3-4-10-21/h5-8H,3-4,9-10H2,1-2H3,(H,20,22). The van der Waals surface area contributed by atoms with Crippen molar-refractivity contribution in [1.29, 1.82) is 5.26 Å². The summed E-state index contributed by atoms with van der Waals surface area (Å²) >= 11 is 1.36. The lowest BCUT2D eigenvalue weighted by molar-refractivity contribution is 0.102. The Morgan fingerprint density at radius 3 is 2.38 bits per heavy atom. The summed E-state index contributed by atoms with van der Waals surface area (Å²) in [6.45, 7) is 4.82. The van der Waals surface area contributed by atoms with Crippen LogP contribution in [0.25, 0.3) is 0 Å². The van der Waals surface area contributed by atoms with Gasteiger partial charge in [0.05, 0.1) is 10.5 Å². The van der Waals surface area contributed by atoms with E-state index in [9.17, 15) is 18.5 Å². The van der Waals surface area contributed by atoms with Crippen molar-refractivity contribution in [1.82, 2.24) is 4.31 Å². The fraction of sp³-hybridized carbons (Fsp3) is 0.333. The molecule has 1 fully saturated rings. The predicted octanol–water partition coefficient (Wildman–Crippen LogP) is 3.27. The summed E-state index contributed by atoms with van der Waals surface area (Å²) in [6, 6.07) is 8.02. The molecule has 0 radical (unpaired) electrons. The largest absolute Gasteiger partial charge is 0.312 e.